The molecule has 0 rings (SSSR count). The Morgan fingerprint density at radius 2 is 1.86 bits per heavy atom. The van der Waals surface area contributed by atoms with Crippen molar-refractivity contribution in [1.29, 1.82) is 0 Å². The van der Waals surface area contributed by atoms with Crippen LogP contribution in [-0.4, -0.2) is 30.0 Å². The van der Waals surface area contributed by atoms with E-state index < -0.39 is 18.0 Å². The Labute approximate surface area is 87.2 Å². The molecule has 0 spiro atoms. The summed E-state index contributed by atoms with van der Waals surface area (Å²) in [4.78, 5) is 21.4. The van der Waals surface area contributed by atoms with Crippen LogP contribution in [0.3, 0.4) is 0 Å². The monoisotopic (exact) mass is 214 g/mol. The third kappa shape index (κ3) is 5.21. The van der Waals surface area contributed by atoms with Crippen LogP contribution in [-0.2, 0) is 19.1 Å². The summed E-state index contributed by atoms with van der Waals surface area (Å²) >= 11 is 4.57. The van der Waals surface area contributed by atoms with Gasteiger partial charge in [0.25, 0.3) is 0 Å². The number of carbonyl (C=O) groups excluding carboxylic acids is 2. The number of carbonyl (C=O) groups is 2. The Morgan fingerprint density at radius 1 is 1.29 bits per heavy atom. The van der Waals surface area contributed by atoms with Crippen molar-refractivity contribution < 1.29 is 19.1 Å². The van der Waals surface area contributed by atoms with Crippen molar-refractivity contribution in [3.63, 3.8) is 0 Å². The SMILES string of the molecule is C=CC(=O)OCC(C=S)OC(=O)C=C. The highest BCUT2D eigenvalue weighted by Gasteiger charge is 2.10. The summed E-state index contributed by atoms with van der Waals surface area (Å²) in [6.07, 6.45) is 1.27. The third-order valence-corrected chi connectivity index (χ3v) is 1.45. The van der Waals surface area contributed by atoms with E-state index >= 15 is 0 Å². The lowest BCUT2D eigenvalue weighted by molar-refractivity contribution is -0.148. The molecule has 0 aliphatic heterocycles. The minimum Gasteiger partial charge on any atom is -0.458 e. The zero-order chi connectivity index (χ0) is 11.0. The Balaban J connectivity index is 3.96. The molecule has 0 N–H and O–H groups in total. The lowest BCUT2D eigenvalue weighted by Crippen LogP contribution is -2.24. The van der Waals surface area contributed by atoms with Crippen molar-refractivity contribution in [2.45, 2.75) is 6.10 Å². The Hall–Kier alpha value is -1.49. The van der Waals surface area contributed by atoms with Crippen molar-refractivity contribution in [2.24, 2.45) is 0 Å². The van der Waals surface area contributed by atoms with Gasteiger partial charge in [0.05, 0.1) is 0 Å². The smallest absolute Gasteiger partial charge is 0.330 e. The topological polar surface area (TPSA) is 52.6 Å². The molecule has 4 nitrogen and oxygen atoms in total. The van der Waals surface area contributed by atoms with Gasteiger partial charge in [0.1, 0.15) is 6.61 Å². The van der Waals surface area contributed by atoms with Crippen LogP contribution in [0.2, 0.25) is 0 Å². The number of esters is 2. The Bertz CT molecular complexity index is 260. The standard InChI is InChI=1S/C9H10O4S/c1-3-8(10)12-5-7(6-14)13-9(11)4-2/h3-4,6-7H,1-2,5H2. The van der Waals surface area contributed by atoms with Crippen molar-refractivity contribution >= 4 is 29.5 Å². The molecule has 0 aromatic heterocycles. The Morgan fingerprint density at radius 3 is 2.29 bits per heavy atom. The fraction of sp³-hybridized carbons (Fsp3) is 0.222. The second kappa shape index (κ2) is 6.97. The van der Waals surface area contributed by atoms with Crippen LogP contribution >= 0.6 is 12.2 Å². The first kappa shape index (κ1) is 12.5. The lowest BCUT2D eigenvalue weighted by atomic mass is 10.4. The van der Waals surface area contributed by atoms with E-state index in [0.29, 0.717) is 0 Å². The number of thiocarbonyl (C=S) groups is 1. The minimum absolute atomic E-state index is 0.117. The fourth-order valence-electron chi connectivity index (χ4n) is 0.522. The van der Waals surface area contributed by atoms with Gasteiger partial charge in [0.2, 0.25) is 0 Å². The van der Waals surface area contributed by atoms with Gasteiger partial charge in [-0.25, -0.2) is 9.59 Å². The summed E-state index contributed by atoms with van der Waals surface area (Å²) in [6.45, 7) is 6.30. The van der Waals surface area contributed by atoms with E-state index in [9.17, 15) is 9.59 Å². The highest BCUT2D eigenvalue weighted by atomic mass is 32.1. The quantitative estimate of drug-likeness (QED) is 0.372. The molecule has 0 aliphatic carbocycles. The maximum Gasteiger partial charge on any atom is 0.330 e. The van der Waals surface area contributed by atoms with Gasteiger partial charge in [-0.3, -0.25) is 0 Å². The summed E-state index contributed by atoms with van der Waals surface area (Å²) in [7, 11) is 0. The minimum atomic E-state index is -0.737. The van der Waals surface area contributed by atoms with Crippen LogP contribution in [0.1, 0.15) is 0 Å². The van der Waals surface area contributed by atoms with Gasteiger partial charge in [0, 0.05) is 17.5 Å². The lowest BCUT2D eigenvalue weighted by Gasteiger charge is -2.11. The second-order valence-corrected chi connectivity index (χ2v) is 2.42. The van der Waals surface area contributed by atoms with Crippen molar-refractivity contribution in [3.05, 3.63) is 25.3 Å². The maximum absolute atomic E-state index is 10.7. The summed E-state index contributed by atoms with van der Waals surface area (Å²) in [5.41, 5.74) is 0. The number of rotatable bonds is 6. The third-order valence-electron chi connectivity index (χ3n) is 1.14. The molecule has 0 saturated heterocycles. The van der Waals surface area contributed by atoms with Gasteiger partial charge >= 0.3 is 11.9 Å². The molecule has 5 heteroatoms. The van der Waals surface area contributed by atoms with E-state index in [0.717, 1.165) is 12.2 Å². The van der Waals surface area contributed by atoms with Crippen LogP contribution in [0.25, 0.3) is 0 Å². The first-order chi connectivity index (χ1) is 6.63. The van der Waals surface area contributed by atoms with Gasteiger partial charge in [-0.05, 0) is 0 Å². The number of hydrogen-bond acceptors (Lipinski definition) is 5. The molecule has 0 aromatic carbocycles. The highest BCUT2D eigenvalue weighted by Crippen LogP contribution is 1.93. The first-order valence-corrected chi connectivity index (χ1v) is 4.18. The maximum atomic E-state index is 10.7. The molecule has 1 atom stereocenters. The Kier molecular flexibility index (Phi) is 6.22. The summed E-state index contributed by atoms with van der Waals surface area (Å²) in [5.74, 6) is -1.22. The van der Waals surface area contributed by atoms with Crippen molar-refractivity contribution in [3.8, 4) is 0 Å². The molecule has 76 valence electrons. The van der Waals surface area contributed by atoms with Crippen LogP contribution in [0.4, 0.5) is 0 Å². The summed E-state index contributed by atoms with van der Waals surface area (Å²) in [6, 6.07) is 0. The van der Waals surface area contributed by atoms with Crippen LogP contribution < -0.4 is 0 Å². The zero-order valence-electron chi connectivity index (χ0n) is 7.47. The van der Waals surface area contributed by atoms with E-state index in [4.69, 9.17) is 4.74 Å². The molecule has 0 heterocycles. The first-order valence-electron chi connectivity index (χ1n) is 3.71. The molecule has 0 bridgehead atoms. The number of ether oxygens (including phenoxy) is 2. The summed E-state index contributed by atoms with van der Waals surface area (Å²) in [5, 5.41) is 1.19. The van der Waals surface area contributed by atoms with E-state index in [1.54, 1.807) is 0 Å². The van der Waals surface area contributed by atoms with Crippen LogP contribution in [0.15, 0.2) is 25.3 Å². The van der Waals surface area contributed by atoms with Gasteiger partial charge in [-0.15, -0.1) is 0 Å². The molecular formula is C9H10O4S. The summed E-state index contributed by atoms with van der Waals surface area (Å²) < 4.78 is 9.34. The average molecular weight is 214 g/mol. The number of hydrogen-bond donors (Lipinski definition) is 0. The molecule has 0 radical (unpaired) electrons. The molecule has 0 amide bonds. The van der Waals surface area contributed by atoms with E-state index in [1.807, 2.05) is 0 Å². The highest BCUT2D eigenvalue weighted by molar-refractivity contribution is 7.79. The van der Waals surface area contributed by atoms with E-state index in [1.165, 1.54) is 5.37 Å². The molecule has 0 aliphatic rings. The average Bonchev–Trinajstić information content (AvgIpc) is 2.22. The normalized spacial score (nSPS) is 10.9. The molecule has 0 saturated carbocycles. The van der Waals surface area contributed by atoms with E-state index in [-0.39, 0.29) is 6.61 Å². The van der Waals surface area contributed by atoms with Crippen LogP contribution in [0.5, 0.6) is 0 Å². The molecule has 1 unspecified atom stereocenters. The second-order valence-electron chi connectivity index (χ2n) is 2.15. The van der Waals surface area contributed by atoms with Gasteiger partial charge in [-0.2, -0.15) is 0 Å². The van der Waals surface area contributed by atoms with Gasteiger partial charge < -0.3 is 9.47 Å². The van der Waals surface area contributed by atoms with E-state index in [2.05, 4.69) is 30.1 Å². The predicted molar refractivity (Wildman–Crippen MR) is 54.9 cm³/mol. The zero-order valence-corrected chi connectivity index (χ0v) is 8.29. The fourth-order valence-corrected chi connectivity index (χ4v) is 0.656. The van der Waals surface area contributed by atoms with Crippen molar-refractivity contribution in [2.75, 3.05) is 6.61 Å². The molecular weight excluding hydrogens is 204 g/mol. The predicted octanol–water partition coefficient (Wildman–Crippen LogP) is 0.813. The van der Waals surface area contributed by atoms with Crippen molar-refractivity contribution in [1.82, 2.24) is 0 Å². The largest absolute Gasteiger partial charge is 0.458 e. The van der Waals surface area contributed by atoms with Gasteiger partial charge in [-0.1, -0.05) is 25.4 Å². The van der Waals surface area contributed by atoms with Crippen LogP contribution in [0, 0.1) is 0 Å². The molecule has 0 fully saturated rings. The molecule has 14 heavy (non-hydrogen) atoms. The molecule has 0 aromatic rings. The van der Waals surface area contributed by atoms with Gasteiger partial charge in [0.15, 0.2) is 6.10 Å².